The molecule has 1 amide bonds. The summed E-state index contributed by atoms with van der Waals surface area (Å²) in [7, 11) is 0. The predicted molar refractivity (Wildman–Crippen MR) is 125 cm³/mol. The largest absolute Gasteiger partial charge is 0.409 e. The van der Waals surface area contributed by atoms with Gasteiger partial charge in [-0.05, 0) is 56.0 Å². The standard InChI is InChI=1S/C25H21F4N7O/c1-13-9-16(26)15(10-19(13)35-11-18(30-12-35)14-5-6-14)24(37)32-21-4-2-3-17(31-21)23-34-33-22-8-7-20(36(22)23)25(27,28)29/h2-4,9-12,14,20H,5-8H2,1H3,(H,31,32,37)/t20-/m0/s1. The van der Waals surface area contributed by atoms with Crippen molar-refractivity contribution >= 4 is 11.7 Å². The Morgan fingerprint density at radius 1 is 1.14 bits per heavy atom. The Labute approximate surface area is 208 Å². The zero-order valence-electron chi connectivity index (χ0n) is 19.6. The molecule has 190 valence electrons. The average Bonchev–Trinajstić information content (AvgIpc) is 3.23. The van der Waals surface area contributed by atoms with Crippen LogP contribution in [0.5, 0.6) is 0 Å². The fraction of sp³-hybridized carbons (Fsp3) is 0.320. The molecule has 0 saturated heterocycles. The van der Waals surface area contributed by atoms with Crippen LogP contribution in [0, 0.1) is 12.7 Å². The van der Waals surface area contributed by atoms with Crippen LogP contribution in [0.2, 0.25) is 0 Å². The molecule has 37 heavy (non-hydrogen) atoms. The van der Waals surface area contributed by atoms with Crippen molar-refractivity contribution in [1.29, 1.82) is 0 Å². The third-order valence-electron chi connectivity index (χ3n) is 6.72. The number of imidazole rings is 1. The minimum atomic E-state index is -4.45. The molecular weight excluding hydrogens is 490 g/mol. The van der Waals surface area contributed by atoms with E-state index in [9.17, 15) is 22.4 Å². The fourth-order valence-electron chi connectivity index (χ4n) is 4.69. The molecular formula is C25H21F4N7O. The van der Waals surface area contributed by atoms with Gasteiger partial charge in [0.1, 0.15) is 29.2 Å². The second-order valence-corrected chi connectivity index (χ2v) is 9.37. The van der Waals surface area contributed by atoms with Crippen LogP contribution in [0.25, 0.3) is 17.2 Å². The number of pyridine rings is 1. The van der Waals surface area contributed by atoms with E-state index in [0.717, 1.165) is 23.1 Å². The first-order chi connectivity index (χ1) is 17.7. The Kier molecular flexibility index (Phi) is 5.35. The molecule has 0 unspecified atom stereocenters. The number of hydrogen-bond acceptors (Lipinski definition) is 5. The second-order valence-electron chi connectivity index (χ2n) is 9.37. The summed E-state index contributed by atoms with van der Waals surface area (Å²) in [4.78, 5) is 21.7. The van der Waals surface area contributed by atoms with Gasteiger partial charge in [-0.2, -0.15) is 13.2 Å². The SMILES string of the molecule is Cc1cc(F)c(C(=O)Nc2cccc(-c3nnc4n3[C@H](C(F)(F)F)CC4)n2)cc1-n1cnc(C2CC2)c1. The Hall–Kier alpha value is -4.09. The van der Waals surface area contributed by atoms with Crippen molar-refractivity contribution in [2.45, 2.75) is 50.7 Å². The number of carbonyl (C=O) groups is 1. The van der Waals surface area contributed by atoms with Gasteiger partial charge in [0.15, 0.2) is 5.82 Å². The summed E-state index contributed by atoms with van der Waals surface area (Å²) in [5.74, 6) is -0.776. The topological polar surface area (TPSA) is 90.5 Å². The van der Waals surface area contributed by atoms with E-state index >= 15 is 0 Å². The summed E-state index contributed by atoms with van der Waals surface area (Å²) in [5.41, 5.74) is 2.13. The Balaban J connectivity index is 1.28. The summed E-state index contributed by atoms with van der Waals surface area (Å²) in [6.07, 6.45) is 1.29. The minimum absolute atomic E-state index is 0.0405. The van der Waals surface area contributed by atoms with E-state index in [1.807, 2.05) is 6.20 Å². The lowest BCUT2D eigenvalue weighted by atomic mass is 10.1. The molecule has 0 bridgehead atoms. The maximum absolute atomic E-state index is 14.8. The van der Waals surface area contributed by atoms with Gasteiger partial charge in [-0.1, -0.05) is 6.07 Å². The molecule has 4 heterocycles. The van der Waals surface area contributed by atoms with Crippen molar-refractivity contribution < 1.29 is 22.4 Å². The van der Waals surface area contributed by atoms with Crippen LogP contribution >= 0.6 is 0 Å². The molecule has 0 radical (unpaired) electrons. The number of fused-ring (bicyclic) bond motifs is 1. The zero-order chi connectivity index (χ0) is 25.9. The van der Waals surface area contributed by atoms with Crippen LogP contribution in [-0.4, -0.2) is 41.4 Å². The summed E-state index contributed by atoms with van der Waals surface area (Å²) in [6.45, 7) is 1.74. The van der Waals surface area contributed by atoms with Crippen molar-refractivity contribution in [1.82, 2.24) is 29.3 Å². The molecule has 12 heteroatoms. The molecule has 1 atom stereocenters. The van der Waals surface area contributed by atoms with Crippen LogP contribution in [0.3, 0.4) is 0 Å². The summed E-state index contributed by atoms with van der Waals surface area (Å²) < 4.78 is 58.2. The zero-order valence-corrected chi connectivity index (χ0v) is 19.6. The number of carbonyl (C=O) groups excluding carboxylic acids is 1. The van der Waals surface area contributed by atoms with E-state index in [1.165, 1.54) is 30.3 Å². The number of nitrogens with one attached hydrogen (secondary N) is 1. The number of alkyl halides is 3. The van der Waals surface area contributed by atoms with Gasteiger partial charge in [0.25, 0.3) is 5.91 Å². The monoisotopic (exact) mass is 511 g/mol. The van der Waals surface area contributed by atoms with Crippen LogP contribution in [0.1, 0.15) is 58.7 Å². The lowest BCUT2D eigenvalue weighted by Gasteiger charge is -2.18. The van der Waals surface area contributed by atoms with Gasteiger partial charge in [-0.25, -0.2) is 14.4 Å². The van der Waals surface area contributed by atoms with Crippen LogP contribution < -0.4 is 5.32 Å². The number of nitrogens with zero attached hydrogens (tertiary/aromatic N) is 6. The van der Waals surface area contributed by atoms with Gasteiger partial charge < -0.3 is 9.88 Å². The van der Waals surface area contributed by atoms with E-state index < -0.39 is 23.9 Å². The molecule has 1 saturated carbocycles. The third kappa shape index (κ3) is 4.25. The molecule has 6 rings (SSSR count). The second kappa shape index (κ2) is 8.49. The van der Waals surface area contributed by atoms with Crippen LogP contribution in [0.15, 0.2) is 42.9 Å². The molecule has 0 spiro atoms. The maximum Gasteiger partial charge on any atom is 0.409 e. The van der Waals surface area contributed by atoms with Crippen LogP contribution in [-0.2, 0) is 6.42 Å². The quantitative estimate of drug-likeness (QED) is 0.374. The first-order valence-corrected chi connectivity index (χ1v) is 11.8. The van der Waals surface area contributed by atoms with E-state index in [0.29, 0.717) is 17.2 Å². The van der Waals surface area contributed by atoms with Gasteiger partial charge in [0.2, 0.25) is 0 Å². The predicted octanol–water partition coefficient (Wildman–Crippen LogP) is 5.15. The first-order valence-electron chi connectivity index (χ1n) is 11.8. The van der Waals surface area contributed by atoms with Gasteiger partial charge in [-0.15, -0.1) is 10.2 Å². The highest BCUT2D eigenvalue weighted by atomic mass is 19.4. The number of amides is 1. The summed E-state index contributed by atoms with van der Waals surface area (Å²) in [5, 5.41) is 10.3. The number of hydrogen-bond donors (Lipinski definition) is 1. The molecule has 1 N–H and O–H groups in total. The Bertz CT molecular complexity index is 1520. The highest BCUT2D eigenvalue weighted by molar-refractivity contribution is 6.04. The van der Waals surface area contributed by atoms with Crippen molar-refractivity contribution in [3.8, 4) is 17.2 Å². The molecule has 8 nitrogen and oxygen atoms in total. The highest BCUT2D eigenvalue weighted by Gasteiger charge is 2.46. The number of aryl methyl sites for hydroxylation is 2. The van der Waals surface area contributed by atoms with E-state index in [1.54, 1.807) is 17.8 Å². The molecule has 4 aromatic rings. The number of anilines is 1. The first kappa shape index (κ1) is 23.3. The Morgan fingerprint density at radius 3 is 2.70 bits per heavy atom. The number of rotatable bonds is 5. The summed E-state index contributed by atoms with van der Waals surface area (Å²) >= 11 is 0. The smallest absolute Gasteiger partial charge is 0.306 e. The van der Waals surface area contributed by atoms with Crippen molar-refractivity contribution in [2.75, 3.05) is 5.32 Å². The van der Waals surface area contributed by atoms with Gasteiger partial charge >= 0.3 is 6.18 Å². The van der Waals surface area contributed by atoms with E-state index in [2.05, 4.69) is 25.5 Å². The summed E-state index contributed by atoms with van der Waals surface area (Å²) in [6, 6.07) is 5.47. The number of aromatic nitrogens is 6. The normalized spacial score (nSPS) is 17.2. The van der Waals surface area contributed by atoms with Crippen molar-refractivity contribution in [3.63, 3.8) is 0 Å². The van der Waals surface area contributed by atoms with Gasteiger partial charge in [0.05, 0.1) is 23.3 Å². The number of benzene rings is 1. The van der Waals surface area contributed by atoms with E-state index in [-0.39, 0.29) is 41.6 Å². The molecule has 2 aliphatic rings. The molecule has 1 aliphatic heterocycles. The number of halogens is 4. The maximum atomic E-state index is 14.8. The fourth-order valence-corrected chi connectivity index (χ4v) is 4.69. The van der Waals surface area contributed by atoms with Gasteiger partial charge in [-0.3, -0.25) is 9.36 Å². The Morgan fingerprint density at radius 2 is 1.95 bits per heavy atom. The van der Waals surface area contributed by atoms with Crippen molar-refractivity contribution in [2.24, 2.45) is 0 Å². The van der Waals surface area contributed by atoms with Crippen molar-refractivity contribution in [3.05, 3.63) is 71.3 Å². The highest BCUT2D eigenvalue weighted by Crippen LogP contribution is 2.41. The van der Waals surface area contributed by atoms with Crippen LogP contribution in [0.4, 0.5) is 23.4 Å². The lowest BCUT2D eigenvalue weighted by molar-refractivity contribution is -0.165. The molecule has 1 aromatic carbocycles. The molecule has 3 aromatic heterocycles. The van der Waals surface area contributed by atoms with Gasteiger partial charge in [0, 0.05) is 18.5 Å². The average molecular weight is 511 g/mol. The third-order valence-corrected chi connectivity index (χ3v) is 6.72. The lowest BCUT2D eigenvalue weighted by Crippen LogP contribution is -2.24. The minimum Gasteiger partial charge on any atom is -0.306 e. The molecule has 1 aliphatic carbocycles. The molecule has 1 fully saturated rings. The van der Waals surface area contributed by atoms with E-state index in [4.69, 9.17) is 0 Å².